The van der Waals surface area contributed by atoms with Crippen molar-refractivity contribution in [2.45, 2.75) is 18.0 Å². The van der Waals surface area contributed by atoms with Crippen molar-refractivity contribution in [3.8, 4) is 0 Å². The maximum Gasteiger partial charge on any atom is 0.271 e. The van der Waals surface area contributed by atoms with Gasteiger partial charge in [-0.3, -0.25) is 14.6 Å². The number of pyridine rings is 1. The maximum absolute atomic E-state index is 12.2. The van der Waals surface area contributed by atoms with Gasteiger partial charge in [-0.2, -0.15) is 0 Å². The molecule has 0 saturated carbocycles. The van der Waals surface area contributed by atoms with Crippen LogP contribution in [-0.4, -0.2) is 35.1 Å². The van der Waals surface area contributed by atoms with E-state index in [1.807, 2.05) is 0 Å². The highest BCUT2D eigenvalue weighted by Crippen LogP contribution is 2.19. The van der Waals surface area contributed by atoms with Crippen molar-refractivity contribution in [3.05, 3.63) is 88.4 Å². The van der Waals surface area contributed by atoms with Gasteiger partial charge in [-0.1, -0.05) is 18.2 Å². The fourth-order valence-electron chi connectivity index (χ4n) is 2.65. The second-order valence-electron chi connectivity index (χ2n) is 6.15. The van der Waals surface area contributed by atoms with Crippen molar-refractivity contribution in [3.63, 3.8) is 0 Å². The van der Waals surface area contributed by atoms with Gasteiger partial charge in [-0.05, 0) is 23.3 Å². The van der Waals surface area contributed by atoms with Crippen LogP contribution in [0.1, 0.15) is 21.6 Å². The van der Waals surface area contributed by atoms with Crippen LogP contribution in [0.15, 0.2) is 70.9 Å². The molecule has 2 heterocycles. The third kappa shape index (κ3) is 4.68. The van der Waals surface area contributed by atoms with Crippen LogP contribution in [0, 0.1) is 0 Å². The molecule has 0 aliphatic heterocycles. The summed E-state index contributed by atoms with van der Waals surface area (Å²) in [6.45, 7) is 0.262. The smallest absolute Gasteiger partial charge is 0.271 e. The number of hydrogen-bond acceptors (Lipinski definition) is 6. The van der Waals surface area contributed by atoms with Gasteiger partial charge >= 0.3 is 0 Å². The summed E-state index contributed by atoms with van der Waals surface area (Å²) in [5.41, 5.74) is 1.06. The number of amides is 1. The van der Waals surface area contributed by atoms with E-state index in [0.717, 1.165) is 6.26 Å². The van der Waals surface area contributed by atoms with E-state index in [0.29, 0.717) is 11.1 Å². The van der Waals surface area contributed by atoms with E-state index in [1.54, 1.807) is 30.5 Å². The van der Waals surface area contributed by atoms with Crippen molar-refractivity contribution < 1.29 is 13.2 Å². The van der Waals surface area contributed by atoms with Crippen LogP contribution < -0.4 is 10.9 Å². The molecular weight excluding hydrogens is 380 g/mol. The Morgan fingerprint density at radius 2 is 2.00 bits per heavy atom. The maximum atomic E-state index is 12.2. The predicted molar refractivity (Wildman–Crippen MR) is 103 cm³/mol. The molecule has 0 aliphatic carbocycles. The van der Waals surface area contributed by atoms with Crippen molar-refractivity contribution in [1.29, 1.82) is 0 Å². The molecule has 0 bridgehead atoms. The van der Waals surface area contributed by atoms with E-state index >= 15 is 0 Å². The van der Waals surface area contributed by atoms with Gasteiger partial charge in [0.05, 0.1) is 17.6 Å². The Morgan fingerprint density at radius 3 is 2.68 bits per heavy atom. The van der Waals surface area contributed by atoms with Crippen LogP contribution in [0.5, 0.6) is 0 Å². The fraction of sp³-hybridized carbons (Fsp3) is 0.158. The Labute approximate surface area is 161 Å². The number of carbonyl (C=O) groups excluding carboxylic acids is 1. The van der Waals surface area contributed by atoms with E-state index in [9.17, 15) is 18.0 Å². The molecule has 0 fully saturated rings. The van der Waals surface area contributed by atoms with Crippen molar-refractivity contribution in [2.75, 3.05) is 6.26 Å². The van der Waals surface area contributed by atoms with E-state index in [1.165, 1.54) is 35.3 Å². The first-order valence-corrected chi connectivity index (χ1v) is 10.3. The molecule has 3 rings (SSSR count). The monoisotopic (exact) mass is 398 g/mol. The summed E-state index contributed by atoms with van der Waals surface area (Å²) in [6, 6.07) is 9.62. The average Bonchev–Trinajstić information content (AvgIpc) is 2.68. The summed E-state index contributed by atoms with van der Waals surface area (Å²) in [6.07, 6.45) is 6.94. The number of nitrogens with one attached hydrogen (secondary N) is 1. The zero-order valence-corrected chi connectivity index (χ0v) is 15.9. The van der Waals surface area contributed by atoms with Crippen LogP contribution in [-0.2, 0) is 22.9 Å². The Kier molecular flexibility index (Phi) is 5.65. The van der Waals surface area contributed by atoms with Crippen molar-refractivity contribution >= 4 is 15.7 Å². The molecule has 144 valence electrons. The number of sulfone groups is 1. The summed E-state index contributed by atoms with van der Waals surface area (Å²) < 4.78 is 25.9. The van der Waals surface area contributed by atoms with Crippen LogP contribution >= 0.6 is 0 Å². The van der Waals surface area contributed by atoms with Gasteiger partial charge in [-0.15, -0.1) is 0 Å². The molecule has 9 heteroatoms. The summed E-state index contributed by atoms with van der Waals surface area (Å²) >= 11 is 0. The summed E-state index contributed by atoms with van der Waals surface area (Å²) in [7, 11) is -3.53. The minimum Gasteiger partial charge on any atom is -0.347 e. The van der Waals surface area contributed by atoms with Gasteiger partial charge in [0, 0.05) is 37.5 Å². The summed E-state index contributed by atoms with van der Waals surface area (Å²) in [5, 5.41) is 2.68. The molecule has 28 heavy (non-hydrogen) atoms. The molecule has 3 aromatic rings. The topological polar surface area (TPSA) is 111 Å². The lowest BCUT2D eigenvalue weighted by Crippen LogP contribution is -2.24. The van der Waals surface area contributed by atoms with E-state index in [4.69, 9.17) is 0 Å². The highest BCUT2D eigenvalue weighted by molar-refractivity contribution is 7.90. The molecule has 0 aliphatic rings. The number of aromatic nitrogens is 3. The van der Waals surface area contributed by atoms with Gasteiger partial charge in [-0.25, -0.2) is 13.4 Å². The quantitative estimate of drug-likeness (QED) is 0.664. The predicted octanol–water partition coefficient (Wildman–Crippen LogP) is 1.02. The van der Waals surface area contributed by atoms with Crippen molar-refractivity contribution in [1.82, 2.24) is 19.9 Å². The third-order valence-corrected chi connectivity index (χ3v) is 5.20. The molecule has 0 spiro atoms. The Hall–Kier alpha value is -3.33. The number of hydrogen-bond donors (Lipinski definition) is 1. The van der Waals surface area contributed by atoms with Crippen LogP contribution in [0.25, 0.3) is 0 Å². The summed E-state index contributed by atoms with van der Waals surface area (Å²) in [4.78, 5) is 31.9. The third-order valence-electron chi connectivity index (χ3n) is 4.02. The SMILES string of the molecule is CS(=O)(=O)c1cc(CNC(=O)c2cnccn2)ccc1Cn1ccccc1=O. The molecular formula is C19H18N4O4S. The first-order valence-electron chi connectivity index (χ1n) is 8.36. The molecule has 1 aromatic carbocycles. The van der Waals surface area contributed by atoms with Crippen molar-refractivity contribution in [2.24, 2.45) is 0 Å². The standard InChI is InChI=1S/C19H18N4O4S/c1-28(26,27)17-10-14(11-22-19(25)16-12-20-7-8-21-16)5-6-15(17)13-23-9-3-2-4-18(23)24/h2-10,12H,11,13H2,1H3,(H,22,25). The molecule has 0 radical (unpaired) electrons. The van der Waals surface area contributed by atoms with E-state index in [2.05, 4.69) is 15.3 Å². The minimum atomic E-state index is -3.53. The largest absolute Gasteiger partial charge is 0.347 e. The zero-order chi connectivity index (χ0) is 20.1. The Morgan fingerprint density at radius 1 is 1.18 bits per heavy atom. The Balaban J connectivity index is 1.84. The van der Waals surface area contributed by atoms with Gasteiger partial charge in [0.15, 0.2) is 9.84 Å². The number of rotatable bonds is 6. The van der Waals surface area contributed by atoms with Gasteiger partial charge in [0.25, 0.3) is 11.5 Å². The van der Waals surface area contributed by atoms with Gasteiger partial charge in [0.1, 0.15) is 5.69 Å². The highest BCUT2D eigenvalue weighted by Gasteiger charge is 2.15. The number of carbonyl (C=O) groups is 1. The van der Waals surface area contributed by atoms with E-state index in [-0.39, 0.29) is 29.2 Å². The number of nitrogens with zero attached hydrogens (tertiary/aromatic N) is 3. The molecule has 8 nitrogen and oxygen atoms in total. The first kappa shape index (κ1) is 19.4. The van der Waals surface area contributed by atoms with Gasteiger partial charge < -0.3 is 9.88 Å². The van der Waals surface area contributed by atoms with Crippen LogP contribution in [0.2, 0.25) is 0 Å². The number of benzene rings is 1. The molecule has 2 aromatic heterocycles. The summed E-state index contributed by atoms with van der Waals surface area (Å²) in [5.74, 6) is -0.408. The lowest BCUT2D eigenvalue weighted by molar-refractivity contribution is 0.0945. The van der Waals surface area contributed by atoms with E-state index < -0.39 is 15.7 Å². The second kappa shape index (κ2) is 8.13. The lowest BCUT2D eigenvalue weighted by atomic mass is 10.1. The van der Waals surface area contributed by atoms with Crippen LogP contribution in [0.3, 0.4) is 0 Å². The second-order valence-corrected chi connectivity index (χ2v) is 8.14. The Bertz CT molecular complexity index is 1160. The fourth-order valence-corrected chi connectivity index (χ4v) is 3.62. The molecule has 0 saturated heterocycles. The highest BCUT2D eigenvalue weighted by atomic mass is 32.2. The molecule has 1 N–H and O–H groups in total. The molecule has 0 atom stereocenters. The average molecular weight is 398 g/mol. The first-order chi connectivity index (χ1) is 13.3. The molecule has 1 amide bonds. The normalized spacial score (nSPS) is 11.2. The lowest BCUT2D eigenvalue weighted by Gasteiger charge is -2.12. The van der Waals surface area contributed by atoms with Crippen LogP contribution in [0.4, 0.5) is 0 Å². The molecule has 0 unspecified atom stereocenters. The zero-order valence-electron chi connectivity index (χ0n) is 15.1. The van der Waals surface area contributed by atoms with Gasteiger partial charge in [0.2, 0.25) is 0 Å². The minimum absolute atomic E-state index is 0.120.